The lowest BCUT2D eigenvalue weighted by molar-refractivity contribution is -0.0766. The van der Waals surface area contributed by atoms with Gasteiger partial charge in [0.15, 0.2) is 0 Å². The second-order valence-corrected chi connectivity index (χ2v) is 7.71. The third-order valence-corrected chi connectivity index (χ3v) is 5.78. The van der Waals surface area contributed by atoms with E-state index < -0.39 is 0 Å². The molecular formula is C21H25N3O. The molecule has 1 aromatic heterocycles. The molecule has 2 aliphatic rings. The fraction of sp³-hybridized carbons (Fsp3) is 0.524. The Hall–Kier alpha value is -2.12. The number of fused-ring (bicyclic) bond motifs is 1. The van der Waals surface area contributed by atoms with Gasteiger partial charge in [0.25, 0.3) is 0 Å². The molecule has 2 heterocycles. The van der Waals surface area contributed by atoms with Crippen LogP contribution in [0.1, 0.15) is 55.2 Å². The fourth-order valence-corrected chi connectivity index (χ4v) is 4.62. The minimum absolute atomic E-state index is 0.0669. The second-order valence-electron chi connectivity index (χ2n) is 7.71. The Labute approximate surface area is 149 Å². The Bertz CT molecular complexity index is 846. The topological polar surface area (TPSA) is 57.9 Å². The van der Waals surface area contributed by atoms with Crippen LogP contribution >= 0.6 is 0 Å². The van der Waals surface area contributed by atoms with Crippen molar-refractivity contribution in [1.29, 1.82) is 5.26 Å². The van der Waals surface area contributed by atoms with E-state index >= 15 is 0 Å². The molecule has 4 nitrogen and oxygen atoms in total. The standard InChI is InChI=1S/C21H25N3O/c1-14-9-15(2)19-18(10-14)20(16(12-22)13-23-19)24-17-5-8-25-21(11-17)6-3-4-7-21/h9-10,13,17H,3-8,11H2,1-2H3,(H,23,24). The van der Waals surface area contributed by atoms with Crippen LogP contribution in [-0.2, 0) is 4.74 Å². The molecule has 1 N–H and O–H groups in total. The molecule has 0 amide bonds. The Kier molecular flexibility index (Phi) is 4.13. The van der Waals surface area contributed by atoms with Gasteiger partial charge in [-0.15, -0.1) is 0 Å². The molecule has 2 aromatic rings. The highest BCUT2D eigenvalue weighted by atomic mass is 16.5. The summed E-state index contributed by atoms with van der Waals surface area (Å²) in [5, 5.41) is 14.4. The third kappa shape index (κ3) is 2.98. The highest BCUT2D eigenvalue weighted by Gasteiger charge is 2.40. The normalized spacial score (nSPS) is 22.2. The summed E-state index contributed by atoms with van der Waals surface area (Å²) in [5.41, 5.74) is 4.97. The Morgan fingerprint density at radius 3 is 2.84 bits per heavy atom. The summed E-state index contributed by atoms with van der Waals surface area (Å²) in [6.07, 6.45) is 8.61. The van der Waals surface area contributed by atoms with Crippen LogP contribution in [0.25, 0.3) is 10.9 Å². The molecule has 1 saturated carbocycles. The zero-order valence-electron chi connectivity index (χ0n) is 15.1. The number of benzene rings is 1. The van der Waals surface area contributed by atoms with Gasteiger partial charge in [0.05, 0.1) is 22.4 Å². The van der Waals surface area contributed by atoms with Crippen molar-refractivity contribution in [1.82, 2.24) is 4.98 Å². The summed E-state index contributed by atoms with van der Waals surface area (Å²) in [5.74, 6) is 0. The summed E-state index contributed by atoms with van der Waals surface area (Å²) in [4.78, 5) is 4.53. The molecule has 1 aliphatic carbocycles. The van der Waals surface area contributed by atoms with E-state index in [1.165, 1.54) is 31.2 Å². The number of ether oxygens (including phenoxy) is 1. The average Bonchev–Trinajstić information content (AvgIpc) is 3.03. The first-order valence-corrected chi connectivity index (χ1v) is 9.31. The Morgan fingerprint density at radius 2 is 2.08 bits per heavy atom. The van der Waals surface area contributed by atoms with Gasteiger partial charge in [-0.25, -0.2) is 0 Å². The van der Waals surface area contributed by atoms with Crippen molar-refractivity contribution in [2.45, 2.75) is 64.0 Å². The van der Waals surface area contributed by atoms with Crippen molar-refractivity contribution < 1.29 is 4.74 Å². The highest BCUT2D eigenvalue weighted by molar-refractivity contribution is 5.96. The van der Waals surface area contributed by atoms with E-state index in [1.54, 1.807) is 6.20 Å². The maximum absolute atomic E-state index is 9.60. The van der Waals surface area contributed by atoms with Gasteiger partial charge in [0.2, 0.25) is 0 Å². The number of hydrogen-bond donors (Lipinski definition) is 1. The third-order valence-electron chi connectivity index (χ3n) is 5.78. The van der Waals surface area contributed by atoms with E-state index in [9.17, 15) is 5.26 Å². The van der Waals surface area contributed by atoms with Crippen molar-refractivity contribution in [2.24, 2.45) is 0 Å². The summed E-state index contributed by atoms with van der Waals surface area (Å²) in [6, 6.07) is 6.96. The monoisotopic (exact) mass is 335 g/mol. The molecule has 2 fully saturated rings. The van der Waals surface area contributed by atoms with E-state index in [0.29, 0.717) is 11.6 Å². The van der Waals surface area contributed by atoms with E-state index in [1.807, 2.05) is 0 Å². The molecule has 1 atom stereocenters. The quantitative estimate of drug-likeness (QED) is 0.869. The summed E-state index contributed by atoms with van der Waals surface area (Å²) in [7, 11) is 0. The minimum Gasteiger partial charge on any atom is -0.380 e. The molecule has 25 heavy (non-hydrogen) atoms. The first-order chi connectivity index (χ1) is 12.1. The van der Waals surface area contributed by atoms with Crippen LogP contribution in [0.15, 0.2) is 18.3 Å². The fourth-order valence-electron chi connectivity index (χ4n) is 4.62. The first kappa shape index (κ1) is 16.4. The van der Waals surface area contributed by atoms with E-state index in [-0.39, 0.29) is 5.60 Å². The number of nitrogens with one attached hydrogen (secondary N) is 1. The van der Waals surface area contributed by atoms with Crippen LogP contribution in [0.5, 0.6) is 0 Å². The zero-order chi connectivity index (χ0) is 17.4. The zero-order valence-corrected chi connectivity index (χ0v) is 15.1. The van der Waals surface area contributed by atoms with Gasteiger partial charge in [-0.3, -0.25) is 4.98 Å². The van der Waals surface area contributed by atoms with Crippen LogP contribution in [0.4, 0.5) is 5.69 Å². The van der Waals surface area contributed by atoms with Gasteiger partial charge < -0.3 is 10.1 Å². The van der Waals surface area contributed by atoms with Gasteiger partial charge in [-0.2, -0.15) is 5.26 Å². The number of aromatic nitrogens is 1. The van der Waals surface area contributed by atoms with E-state index in [2.05, 4.69) is 42.4 Å². The smallest absolute Gasteiger partial charge is 0.103 e. The molecule has 1 unspecified atom stereocenters. The molecule has 1 saturated heterocycles. The van der Waals surface area contributed by atoms with Gasteiger partial charge >= 0.3 is 0 Å². The number of anilines is 1. The Morgan fingerprint density at radius 1 is 1.28 bits per heavy atom. The molecule has 0 radical (unpaired) electrons. The molecule has 130 valence electrons. The van der Waals surface area contributed by atoms with Crippen molar-refractivity contribution in [3.05, 3.63) is 35.0 Å². The number of nitriles is 1. The van der Waals surface area contributed by atoms with Crippen LogP contribution in [0.2, 0.25) is 0 Å². The van der Waals surface area contributed by atoms with Crippen molar-refractivity contribution in [2.75, 3.05) is 11.9 Å². The molecule has 1 spiro atoms. The SMILES string of the molecule is Cc1cc(C)c2ncc(C#N)c(NC3CCOC4(CCCC4)C3)c2c1. The van der Waals surface area contributed by atoms with Gasteiger partial charge in [0, 0.05) is 24.2 Å². The number of aryl methyl sites for hydroxylation is 2. The number of hydrogen-bond acceptors (Lipinski definition) is 4. The van der Waals surface area contributed by atoms with Crippen LogP contribution < -0.4 is 5.32 Å². The largest absolute Gasteiger partial charge is 0.380 e. The molecule has 0 bridgehead atoms. The summed E-state index contributed by atoms with van der Waals surface area (Å²) < 4.78 is 6.16. The minimum atomic E-state index is 0.0669. The lowest BCUT2D eigenvalue weighted by Gasteiger charge is -2.39. The van der Waals surface area contributed by atoms with Crippen molar-refractivity contribution >= 4 is 16.6 Å². The molecule has 1 aromatic carbocycles. The summed E-state index contributed by atoms with van der Waals surface area (Å²) in [6.45, 7) is 4.98. The maximum Gasteiger partial charge on any atom is 0.103 e. The predicted molar refractivity (Wildman–Crippen MR) is 99.7 cm³/mol. The predicted octanol–water partition coefficient (Wildman–Crippen LogP) is 4.63. The molecule has 4 heteroatoms. The first-order valence-electron chi connectivity index (χ1n) is 9.31. The van der Waals surface area contributed by atoms with Crippen LogP contribution in [0.3, 0.4) is 0 Å². The van der Waals surface area contributed by atoms with E-state index in [4.69, 9.17) is 4.74 Å². The van der Waals surface area contributed by atoms with Crippen LogP contribution in [0, 0.1) is 25.2 Å². The molecule has 4 rings (SSSR count). The number of pyridine rings is 1. The molecular weight excluding hydrogens is 310 g/mol. The number of rotatable bonds is 2. The average molecular weight is 335 g/mol. The lowest BCUT2D eigenvalue weighted by Crippen LogP contribution is -2.42. The summed E-state index contributed by atoms with van der Waals surface area (Å²) >= 11 is 0. The van der Waals surface area contributed by atoms with Crippen LogP contribution in [-0.4, -0.2) is 23.2 Å². The molecule has 1 aliphatic heterocycles. The van der Waals surface area contributed by atoms with Crippen molar-refractivity contribution in [3.8, 4) is 6.07 Å². The Balaban J connectivity index is 1.72. The second kappa shape index (κ2) is 6.31. The lowest BCUT2D eigenvalue weighted by atomic mass is 9.88. The van der Waals surface area contributed by atoms with E-state index in [0.717, 1.165) is 41.6 Å². The maximum atomic E-state index is 9.60. The van der Waals surface area contributed by atoms with Gasteiger partial charge in [-0.05, 0) is 51.2 Å². The number of nitrogens with zero attached hydrogens (tertiary/aromatic N) is 2. The highest BCUT2D eigenvalue weighted by Crippen LogP contribution is 2.41. The van der Waals surface area contributed by atoms with Gasteiger partial charge in [-0.1, -0.05) is 24.5 Å². The van der Waals surface area contributed by atoms with Gasteiger partial charge in [0.1, 0.15) is 6.07 Å². The van der Waals surface area contributed by atoms with Crippen molar-refractivity contribution in [3.63, 3.8) is 0 Å².